The summed E-state index contributed by atoms with van der Waals surface area (Å²) >= 11 is 5.49. The summed E-state index contributed by atoms with van der Waals surface area (Å²) in [6.45, 7) is 3.93. The first kappa shape index (κ1) is 15.6. The molecule has 0 N–H and O–H groups in total. The van der Waals surface area contributed by atoms with E-state index in [2.05, 4.69) is 10.00 Å². The van der Waals surface area contributed by atoms with Gasteiger partial charge in [0.1, 0.15) is 0 Å². The van der Waals surface area contributed by atoms with Gasteiger partial charge in [-0.1, -0.05) is 0 Å². The fourth-order valence-corrected chi connectivity index (χ4v) is 3.27. The third kappa shape index (κ3) is 2.91. The highest BCUT2D eigenvalue weighted by atomic mass is 32.1. The minimum Gasteiger partial charge on any atom is -0.461 e. The molecule has 1 aliphatic heterocycles. The Hall–Kier alpha value is -1.93. The van der Waals surface area contributed by atoms with Gasteiger partial charge in [-0.15, -0.1) is 5.10 Å². The number of piperazine rings is 1. The number of hydrogen-bond donors (Lipinski definition) is 0. The predicted molar refractivity (Wildman–Crippen MR) is 90.6 cm³/mol. The van der Waals surface area contributed by atoms with E-state index in [-0.39, 0.29) is 0 Å². The first-order valence-electron chi connectivity index (χ1n) is 8.32. The summed E-state index contributed by atoms with van der Waals surface area (Å²) in [7, 11) is 1.90. The smallest absolute Gasteiger partial charge is 0.225 e. The number of furan rings is 1. The van der Waals surface area contributed by atoms with Gasteiger partial charge >= 0.3 is 0 Å². The maximum absolute atomic E-state index is 12.1. The van der Waals surface area contributed by atoms with E-state index in [1.165, 1.54) is 0 Å². The predicted octanol–water partition coefficient (Wildman–Crippen LogP) is 1.72. The Labute approximate surface area is 145 Å². The summed E-state index contributed by atoms with van der Waals surface area (Å²) in [5, 5.41) is 4.60. The lowest BCUT2D eigenvalue weighted by Gasteiger charge is -2.34. The highest BCUT2D eigenvalue weighted by Gasteiger charge is 2.34. The minimum absolute atomic E-state index is 0.303. The maximum Gasteiger partial charge on any atom is 0.225 e. The summed E-state index contributed by atoms with van der Waals surface area (Å²) in [5.74, 6) is 2.08. The standard InChI is InChI=1S/C16H21N5O2S/c1-18-14(13-3-2-10-23-13)17-21(16(18)24)11-19-6-8-20(9-7-19)15(22)12-4-5-12/h2-3,10,12H,4-9,11H2,1H3. The number of hydrogen-bond acceptors (Lipinski definition) is 5. The van der Waals surface area contributed by atoms with Gasteiger partial charge in [-0.3, -0.25) is 9.69 Å². The van der Waals surface area contributed by atoms with Crippen molar-refractivity contribution in [1.82, 2.24) is 24.1 Å². The molecule has 128 valence electrons. The van der Waals surface area contributed by atoms with Crippen LogP contribution < -0.4 is 0 Å². The van der Waals surface area contributed by atoms with Crippen LogP contribution in [0.5, 0.6) is 0 Å². The van der Waals surface area contributed by atoms with Crippen molar-refractivity contribution in [1.29, 1.82) is 0 Å². The van der Waals surface area contributed by atoms with Crippen molar-refractivity contribution in [3.05, 3.63) is 23.2 Å². The number of carbonyl (C=O) groups is 1. The molecule has 0 unspecified atom stereocenters. The number of rotatable bonds is 4. The molecule has 0 atom stereocenters. The fraction of sp³-hybridized carbons (Fsp3) is 0.562. The van der Waals surface area contributed by atoms with Gasteiger partial charge in [0.15, 0.2) is 16.4 Å². The minimum atomic E-state index is 0.303. The van der Waals surface area contributed by atoms with Crippen LogP contribution in [0.1, 0.15) is 12.8 Å². The second-order valence-corrected chi connectivity index (χ2v) is 6.87. The van der Waals surface area contributed by atoms with Gasteiger partial charge in [0.2, 0.25) is 5.91 Å². The molecule has 3 heterocycles. The quantitative estimate of drug-likeness (QED) is 0.788. The van der Waals surface area contributed by atoms with E-state index < -0.39 is 0 Å². The van der Waals surface area contributed by atoms with Crippen molar-refractivity contribution in [3.63, 3.8) is 0 Å². The molecule has 2 aliphatic rings. The molecule has 4 rings (SSSR count). The molecule has 8 heteroatoms. The van der Waals surface area contributed by atoms with E-state index in [4.69, 9.17) is 16.6 Å². The van der Waals surface area contributed by atoms with Gasteiger partial charge in [-0.2, -0.15) is 0 Å². The Bertz CT molecular complexity index is 782. The van der Waals surface area contributed by atoms with Gasteiger partial charge < -0.3 is 13.9 Å². The van der Waals surface area contributed by atoms with E-state index in [0.717, 1.165) is 44.8 Å². The molecule has 2 aromatic heterocycles. The molecule has 0 spiro atoms. The summed E-state index contributed by atoms with van der Waals surface area (Å²) in [4.78, 5) is 16.4. The first-order chi connectivity index (χ1) is 11.6. The largest absolute Gasteiger partial charge is 0.461 e. The Balaban J connectivity index is 1.42. The topological polar surface area (TPSA) is 59.4 Å². The van der Waals surface area contributed by atoms with Gasteiger partial charge in [-0.05, 0) is 37.2 Å². The molecule has 7 nitrogen and oxygen atoms in total. The molecule has 0 bridgehead atoms. The second-order valence-electron chi connectivity index (χ2n) is 6.50. The van der Waals surface area contributed by atoms with Crippen molar-refractivity contribution < 1.29 is 9.21 Å². The maximum atomic E-state index is 12.1. The summed E-state index contributed by atoms with van der Waals surface area (Å²) in [6.07, 6.45) is 3.77. The van der Waals surface area contributed by atoms with Crippen LogP contribution in [0.3, 0.4) is 0 Å². The van der Waals surface area contributed by atoms with Crippen molar-refractivity contribution >= 4 is 18.1 Å². The number of carbonyl (C=O) groups excluding carboxylic acids is 1. The molecule has 1 saturated heterocycles. The average Bonchev–Trinajstić information content (AvgIpc) is 3.24. The fourth-order valence-electron chi connectivity index (χ4n) is 3.09. The molecular formula is C16H21N5O2S. The van der Waals surface area contributed by atoms with Gasteiger partial charge in [0, 0.05) is 39.1 Å². The zero-order valence-electron chi connectivity index (χ0n) is 13.7. The van der Waals surface area contributed by atoms with Gasteiger partial charge in [-0.25, -0.2) is 4.68 Å². The van der Waals surface area contributed by atoms with Crippen LogP contribution in [0.4, 0.5) is 0 Å². The third-order valence-electron chi connectivity index (χ3n) is 4.73. The lowest BCUT2D eigenvalue weighted by molar-refractivity contribution is -0.134. The van der Waals surface area contributed by atoms with Crippen molar-refractivity contribution in [3.8, 4) is 11.6 Å². The molecule has 1 aliphatic carbocycles. The number of amides is 1. The molecule has 24 heavy (non-hydrogen) atoms. The molecule has 2 aromatic rings. The zero-order chi connectivity index (χ0) is 16.7. The normalized spacial score (nSPS) is 19.0. The summed E-state index contributed by atoms with van der Waals surface area (Å²) < 4.78 is 9.78. The second kappa shape index (κ2) is 6.18. The molecule has 0 aromatic carbocycles. The van der Waals surface area contributed by atoms with Crippen LogP contribution in [0.25, 0.3) is 11.6 Å². The van der Waals surface area contributed by atoms with E-state index in [9.17, 15) is 4.79 Å². The molecule has 1 amide bonds. The summed E-state index contributed by atoms with van der Waals surface area (Å²) in [5.41, 5.74) is 0. The molecule has 2 fully saturated rings. The average molecular weight is 347 g/mol. The van der Waals surface area contributed by atoms with E-state index >= 15 is 0 Å². The van der Waals surface area contributed by atoms with Gasteiger partial charge in [0.05, 0.1) is 12.9 Å². The Morgan fingerprint density at radius 2 is 2.08 bits per heavy atom. The van der Waals surface area contributed by atoms with E-state index in [1.807, 2.05) is 33.3 Å². The Morgan fingerprint density at radius 1 is 1.33 bits per heavy atom. The highest BCUT2D eigenvalue weighted by molar-refractivity contribution is 7.71. The van der Waals surface area contributed by atoms with Crippen LogP contribution in [0.2, 0.25) is 0 Å². The van der Waals surface area contributed by atoms with E-state index in [1.54, 1.807) is 6.26 Å². The van der Waals surface area contributed by atoms with Crippen molar-refractivity contribution in [2.24, 2.45) is 13.0 Å². The van der Waals surface area contributed by atoms with E-state index in [0.29, 0.717) is 29.0 Å². The van der Waals surface area contributed by atoms with Crippen molar-refractivity contribution in [2.75, 3.05) is 26.2 Å². The van der Waals surface area contributed by atoms with Crippen LogP contribution >= 0.6 is 12.2 Å². The van der Waals surface area contributed by atoms with Crippen LogP contribution in [0.15, 0.2) is 22.8 Å². The van der Waals surface area contributed by atoms with Crippen LogP contribution in [0, 0.1) is 10.7 Å². The van der Waals surface area contributed by atoms with Crippen molar-refractivity contribution in [2.45, 2.75) is 19.5 Å². The number of aromatic nitrogens is 3. The first-order valence-corrected chi connectivity index (χ1v) is 8.73. The molecule has 1 saturated carbocycles. The monoisotopic (exact) mass is 347 g/mol. The summed E-state index contributed by atoms with van der Waals surface area (Å²) in [6, 6.07) is 3.72. The SMILES string of the molecule is Cn1c(-c2ccco2)nn(CN2CCN(C(=O)C3CC3)CC2)c1=S. The third-order valence-corrected chi connectivity index (χ3v) is 5.21. The lowest BCUT2D eigenvalue weighted by Crippen LogP contribution is -2.49. The Kier molecular flexibility index (Phi) is 4.01. The number of nitrogens with zero attached hydrogens (tertiary/aromatic N) is 5. The molecular weight excluding hydrogens is 326 g/mol. The van der Waals surface area contributed by atoms with Gasteiger partial charge in [0.25, 0.3) is 0 Å². The Morgan fingerprint density at radius 3 is 2.71 bits per heavy atom. The lowest BCUT2D eigenvalue weighted by atomic mass is 10.3. The highest BCUT2D eigenvalue weighted by Crippen LogP contribution is 2.31. The van der Waals surface area contributed by atoms with Crippen LogP contribution in [-0.2, 0) is 18.5 Å². The zero-order valence-corrected chi connectivity index (χ0v) is 14.5. The molecule has 0 radical (unpaired) electrons. The van der Waals surface area contributed by atoms with Crippen LogP contribution in [-0.4, -0.2) is 56.2 Å².